The van der Waals surface area contributed by atoms with Gasteiger partial charge in [-0.1, -0.05) is 0 Å². The van der Waals surface area contributed by atoms with Gasteiger partial charge in [0.1, 0.15) is 5.65 Å². The third-order valence-corrected chi connectivity index (χ3v) is 4.59. The van der Waals surface area contributed by atoms with E-state index in [2.05, 4.69) is 25.6 Å². The number of fused-ring (bicyclic) bond motifs is 5. The normalized spacial score (nSPS) is 14.5. The van der Waals surface area contributed by atoms with E-state index < -0.39 is 0 Å². The Balaban J connectivity index is 1.95. The Morgan fingerprint density at radius 3 is 2.86 bits per heavy atom. The molecule has 0 aliphatic heterocycles. The first-order valence-electron chi connectivity index (χ1n) is 7.68. The lowest BCUT2D eigenvalue weighted by Gasteiger charge is -2.21. The number of aryl methyl sites for hydroxylation is 1. The van der Waals surface area contributed by atoms with E-state index in [9.17, 15) is 0 Å². The topological polar surface area (TPSA) is 58.9 Å². The van der Waals surface area contributed by atoms with Gasteiger partial charge in [-0.3, -0.25) is 9.50 Å². The molecule has 4 aromatic heterocycles. The minimum absolute atomic E-state index is 0.984. The number of hydrogen-bond acceptors (Lipinski definition) is 3. The zero-order chi connectivity index (χ0) is 14.5. The highest BCUT2D eigenvalue weighted by molar-refractivity contribution is 5.86. The number of pyridine rings is 2. The molecule has 0 aromatic carbocycles. The first-order valence-corrected chi connectivity index (χ1v) is 7.68. The van der Waals surface area contributed by atoms with E-state index in [1.807, 2.05) is 30.9 Å². The Bertz CT molecular complexity index is 981. The van der Waals surface area contributed by atoms with Crippen LogP contribution in [0, 0.1) is 0 Å². The summed E-state index contributed by atoms with van der Waals surface area (Å²) in [7, 11) is 0. The molecule has 5 heteroatoms. The van der Waals surface area contributed by atoms with E-state index in [0.29, 0.717) is 0 Å². The lowest BCUT2D eigenvalue weighted by atomic mass is 9.88. The summed E-state index contributed by atoms with van der Waals surface area (Å²) in [6, 6.07) is 4.11. The van der Waals surface area contributed by atoms with Crippen molar-refractivity contribution in [2.75, 3.05) is 0 Å². The molecule has 5 rings (SSSR count). The Morgan fingerprint density at radius 2 is 2.00 bits per heavy atom. The summed E-state index contributed by atoms with van der Waals surface area (Å²) in [6.07, 6.45) is 12.3. The molecule has 22 heavy (non-hydrogen) atoms. The highest BCUT2D eigenvalue weighted by atomic mass is 15.1. The number of hydrogen-bond donors (Lipinski definition) is 1. The van der Waals surface area contributed by atoms with E-state index >= 15 is 0 Å². The van der Waals surface area contributed by atoms with Crippen LogP contribution >= 0.6 is 0 Å². The lowest BCUT2D eigenvalue weighted by molar-refractivity contribution is 0.687. The van der Waals surface area contributed by atoms with E-state index in [-0.39, 0.29) is 0 Å². The summed E-state index contributed by atoms with van der Waals surface area (Å²) in [5.74, 6) is 0. The Labute approximate surface area is 127 Å². The summed E-state index contributed by atoms with van der Waals surface area (Å²) in [4.78, 5) is 9.36. The van der Waals surface area contributed by atoms with Crippen molar-refractivity contribution in [1.82, 2.24) is 24.6 Å². The highest BCUT2D eigenvalue weighted by Crippen LogP contribution is 2.34. The lowest BCUT2D eigenvalue weighted by Crippen LogP contribution is -2.09. The molecule has 4 aromatic rings. The molecule has 0 saturated carbocycles. The number of aromatic amines is 1. The molecule has 5 nitrogen and oxygen atoms in total. The second-order valence-electron chi connectivity index (χ2n) is 5.83. The van der Waals surface area contributed by atoms with E-state index in [0.717, 1.165) is 35.3 Å². The third-order valence-electron chi connectivity index (χ3n) is 4.59. The van der Waals surface area contributed by atoms with Gasteiger partial charge in [-0.2, -0.15) is 5.10 Å². The van der Waals surface area contributed by atoms with Crippen molar-refractivity contribution in [2.24, 2.45) is 0 Å². The maximum atomic E-state index is 4.95. The van der Waals surface area contributed by atoms with Crippen LogP contribution in [0.25, 0.3) is 27.9 Å². The molecule has 4 heterocycles. The fraction of sp³-hybridized carbons (Fsp3) is 0.235. The van der Waals surface area contributed by atoms with Crippen LogP contribution in [0.4, 0.5) is 0 Å². The first-order chi connectivity index (χ1) is 10.9. The van der Waals surface area contributed by atoms with Gasteiger partial charge in [-0.15, -0.1) is 0 Å². The van der Waals surface area contributed by atoms with Gasteiger partial charge in [0.15, 0.2) is 0 Å². The van der Waals surface area contributed by atoms with Crippen molar-refractivity contribution in [3.63, 3.8) is 0 Å². The van der Waals surface area contributed by atoms with Gasteiger partial charge < -0.3 is 0 Å². The van der Waals surface area contributed by atoms with Crippen LogP contribution in [0.2, 0.25) is 0 Å². The predicted octanol–water partition coefficient (Wildman–Crippen LogP) is 3.15. The SMILES string of the molecule is c1cn2c(ccc3nc(-c4cn[nH]c4)c4c(c32)CCCC4)n1. The standard InChI is InChI=1S/C17H15N5/c1-2-4-13-12(3-1)16(11-9-19-20-10-11)21-14-5-6-15-18-7-8-22(15)17(13)14/h5-10H,1-4H2,(H,19,20). The summed E-state index contributed by atoms with van der Waals surface area (Å²) < 4.78 is 2.17. The van der Waals surface area contributed by atoms with Gasteiger partial charge >= 0.3 is 0 Å². The minimum Gasteiger partial charge on any atom is -0.298 e. The average molecular weight is 289 g/mol. The second-order valence-corrected chi connectivity index (χ2v) is 5.83. The third kappa shape index (κ3) is 1.56. The van der Waals surface area contributed by atoms with Crippen molar-refractivity contribution in [3.05, 3.63) is 48.0 Å². The average Bonchev–Trinajstić information content (AvgIpc) is 3.25. The molecule has 0 radical (unpaired) electrons. The molecular formula is C17H15N5. The number of nitrogens with zero attached hydrogens (tertiary/aromatic N) is 4. The van der Waals surface area contributed by atoms with E-state index in [1.165, 1.54) is 29.5 Å². The molecule has 0 bridgehead atoms. The van der Waals surface area contributed by atoms with Gasteiger partial charge in [0.25, 0.3) is 0 Å². The molecule has 108 valence electrons. The van der Waals surface area contributed by atoms with Gasteiger partial charge in [0.2, 0.25) is 0 Å². The summed E-state index contributed by atoms with van der Waals surface area (Å²) in [5.41, 5.74) is 8.19. The van der Waals surface area contributed by atoms with E-state index in [4.69, 9.17) is 4.98 Å². The molecule has 0 atom stereocenters. The quantitative estimate of drug-likeness (QED) is 0.585. The number of aromatic nitrogens is 5. The number of imidazole rings is 1. The van der Waals surface area contributed by atoms with Crippen LogP contribution in [0.1, 0.15) is 24.0 Å². The Hall–Kier alpha value is -2.69. The summed E-state index contributed by atoms with van der Waals surface area (Å²) in [6.45, 7) is 0. The molecule has 0 saturated heterocycles. The molecule has 0 fully saturated rings. The fourth-order valence-corrected chi connectivity index (χ4v) is 3.61. The van der Waals surface area contributed by atoms with Crippen molar-refractivity contribution < 1.29 is 0 Å². The predicted molar refractivity (Wildman–Crippen MR) is 84.7 cm³/mol. The molecular weight excluding hydrogens is 274 g/mol. The van der Waals surface area contributed by atoms with Crippen LogP contribution < -0.4 is 0 Å². The van der Waals surface area contributed by atoms with Gasteiger partial charge in [-0.05, 0) is 48.9 Å². The number of rotatable bonds is 1. The van der Waals surface area contributed by atoms with Crippen molar-refractivity contribution in [3.8, 4) is 11.3 Å². The van der Waals surface area contributed by atoms with Crippen LogP contribution in [-0.4, -0.2) is 24.6 Å². The Morgan fingerprint density at radius 1 is 1.09 bits per heavy atom. The van der Waals surface area contributed by atoms with Gasteiger partial charge in [0.05, 0.1) is 22.9 Å². The maximum absolute atomic E-state index is 4.95. The van der Waals surface area contributed by atoms with Crippen LogP contribution in [0.5, 0.6) is 0 Å². The fourth-order valence-electron chi connectivity index (χ4n) is 3.61. The van der Waals surface area contributed by atoms with Gasteiger partial charge in [0, 0.05) is 24.2 Å². The summed E-state index contributed by atoms with van der Waals surface area (Å²) in [5, 5.41) is 6.99. The van der Waals surface area contributed by atoms with E-state index in [1.54, 1.807) is 0 Å². The molecule has 1 aliphatic carbocycles. The highest BCUT2D eigenvalue weighted by Gasteiger charge is 2.21. The molecule has 1 N–H and O–H groups in total. The molecule has 0 spiro atoms. The van der Waals surface area contributed by atoms with Crippen LogP contribution in [-0.2, 0) is 12.8 Å². The largest absolute Gasteiger partial charge is 0.298 e. The zero-order valence-corrected chi connectivity index (χ0v) is 12.1. The second kappa shape index (κ2) is 4.40. The van der Waals surface area contributed by atoms with Crippen molar-refractivity contribution >= 4 is 16.7 Å². The van der Waals surface area contributed by atoms with Crippen molar-refractivity contribution in [2.45, 2.75) is 25.7 Å². The van der Waals surface area contributed by atoms with Crippen molar-refractivity contribution in [1.29, 1.82) is 0 Å². The van der Waals surface area contributed by atoms with Crippen LogP contribution in [0.3, 0.4) is 0 Å². The molecule has 0 unspecified atom stereocenters. The summed E-state index contributed by atoms with van der Waals surface area (Å²) >= 11 is 0. The number of nitrogens with one attached hydrogen (secondary N) is 1. The monoisotopic (exact) mass is 289 g/mol. The van der Waals surface area contributed by atoms with Gasteiger partial charge in [-0.25, -0.2) is 9.97 Å². The zero-order valence-electron chi connectivity index (χ0n) is 12.1. The maximum Gasteiger partial charge on any atom is 0.137 e. The number of H-pyrrole nitrogens is 1. The molecule has 0 amide bonds. The first kappa shape index (κ1) is 11.9. The smallest absolute Gasteiger partial charge is 0.137 e. The molecule has 1 aliphatic rings. The minimum atomic E-state index is 0.984. The van der Waals surface area contributed by atoms with Crippen LogP contribution in [0.15, 0.2) is 36.9 Å². The Kier molecular flexibility index (Phi) is 2.38.